The van der Waals surface area contributed by atoms with Gasteiger partial charge in [-0.05, 0) is 37.5 Å². The third kappa shape index (κ3) is 2.97. The predicted molar refractivity (Wildman–Crippen MR) is 72.4 cm³/mol. The van der Waals surface area contributed by atoms with Crippen LogP contribution in [0.1, 0.15) is 19.3 Å². The number of nitrogens with two attached hydrogens (primary N) is 1. The minimum Gasteiger partial charge on any atom is -0.324 e. The molecule has 0 aromatic heterocycles. The first-order valence-corrected chi connectivity index (χ1v) is 7.80. The minimum absolute atomic E-state index is 0.0143. The quantitative estimate of drug-likeness (QED) is 0.895. The average Bonchev–Trinajstić information content (AvgIpc) is 2.27. The van der Waals surface area contributed by atoms with E-state index in [1.807, 2.05) is 0 Å². The van der Waals surface area contributed by atoms with E-state index in [1.54, 1.807) is 6.07 Å². The smallest absolute Gasteiger partial charge is 0.242 e. The molecule has 1 saturated carbocycles. The SMILES string of the molecule is NC1(CNS(=O)(=O)c2cc(Cl)ccc2Cl)CCC1. The maximum Gasteiger partial charge on any atom is 0.242 e. The fraction of sp³-hybridized carbons (Fsp3) is 0.455. The topological polar surface area (TPSA) is 72.2 Å². The van der Waals surface area contributed by atoms with Gasteiger partial charge in [0, 0.05) is 17.1 Å². The predicted octanol–water partition coefficient (Wildman–Crippen LogP) is 2.15. The number of hydrogen-bond acceptors (Lipinski definition) is 3. The van der Waals surface area contributed by atoms with E-state index in [9.17, 15) is 8.42 Å². The lowest BCUT2D eigenvalue weighted by molar-refractivity contribution is 0.251. The van der Waals surface area contributed by atoms with Crippen LogP contribution in [0.2, 0.25) is 10.0 Å². The van der Waals surface area contributed by atoms with Gasteiger partial charge < -0.3 is 5.73 Å². The maximum atomic E-state index is 12.1. The molecule has 0 amide bonds. The Balaban J connectivity index is 2.17. The van der Waals surface area contributed by atoms with Crippen LogP contribution >= 0.6 is 23.2 Å². The molecule has 100 valence electrons. The van der Waals surface area contributed by atoms with Crippen molar-refractivity contribution in [1.82, 2.24) is 4.72 Å². The summed E-state index contributed by atoms with van der Waals surface area (Å²) >= 11 is 11.6. The van der Waals surface area contributed by atoms with Crippen molar-refractivity contribution in [3.8, 4) is 0 Å². The summed E-state index contributed by atoms with van der Waals surface area (Å²) in [5.74, 6) is 0. The largest absolute Gasteiger partial charge is 0.324 e. The Kier molecular flexibility index (Phi) is 3.90. The Labute approximate surface area is 117 Å². The molecule has 0 aliphatic heterocycles. The molecule has 2 rings (SSSR count). The second-order valence-corrected chi connectivity index (χ2v) is 7.19. The molecule has 0 unspecified atom stereocenters. The van der Waals surface area contributed by atoms with Crippen LogP contribution in [0, 0.1) is 0 Å². The highest BCUT2D eigenvalue weighted by molar-refractivity contribution is 7.89. The van der Waals surface area contributed by atoms with Gasteiger partial charge in [-0.15, -0.1) is 0 Å². The molecular formula is C11H14Cl2N2O2S. The van der Waals surface area contributed by atoms with Crippen LogP contribution in [0.15, 0.2) is 23.1 Å². The molecule has 0 bridgehead atoms. The molecule has 0 heterocycles. The van der Waals surface area contributed by atoms with Crippen molar-refractivity contribution in [3.05, 3.63) is 28.2 Å². The first kappa shape index (κ1) is 14.1. The first-order valence-electron chi connectivity index (χ1n) is 5.56. The van der Waals surface area contributed by atoms with E-state index in [0.29, 0.717) is 5.02 Å². The highest BCUT2D eigenvalue weighted by atomic mass is 35.5. The van der Waals surface area contributed by atoms with Gasteiger partial charge in [-0.2, -0.15) is 0 Å². The van der Waals surface area contributed by atoms with Gasteiger partial charge in [-0.25, -0.2) is 13.1 Å². The normalized spacial score (nSPS) is 18.4. The van der Waals surface area contributed by atoms with Gasteiger partial charge in [0.2, 0.25) is 10.0 Å². The number of hydrogen-bond donors (Lipinski definition) is 2. The number of benzene rings is 1. The van der Waals surface area contributed by atoms with Crippen LogP contribution in [-0.2, 0) is 10.0 Å². The van der Waals surface area contributed by atoms with Crippen LogP contribution < -0.4 is 10.5 Å². The van der Waals surface area contributed by atoms with E-state index in [0.717, 1.165) is 19.3 Å². The van der Waals surface area contributed by atoms with E-state index in [2.05, 4.69) is 4.72 Å². The summed E-state index contributed by atoms with van der Waals surface area (Å²) in [5.41, 5.74) is 5.55. The highest BCUT2D eigenvalue weighted by Gasteiger charge is 2.34. The summed E-state index contributed by atoms with van der Waals surface area (Å²) in [7, 11) is -3.67. The van der Waals surface area contributed by atoms with Gasteiger partial charge in [0.05, 0.1) is 5.02 Å². The summed E-state index contributed by atoms with van der Waals surface area (Å²) in [6, 6.07) is 4.33. The molecule has 4 nitrogen and oxygen atoms in total. The molecule has 0 spiro atoms. The monoisotopic (exact) mass is 308 g/mol. The fourth-order valence-electron chi connectivity index (χ4n) is 1.81. The zero-order valence-corrected chi connectivity index (χ0v) is 11.9. The minimum atomic E-state index is -3.67. The number of nitrogens with one attached hydrogen (secondary N) is 1. The van der Waals surface area contributed by atoms with Crippen LogP contribution in [-0.4, -0.2) is 20.5 Å². The van der Waals surface area contributed by atoms with Crippen LogP contribution in [0.25, 0.3) is 0 Å². The zero-order valence-electron chi connectivity index (χ0n) is 9.62. The third-order valence-corrected chi connectivity index (χ3v) is 5.26. The number of rotatable bonds is 4. The second kappa shape index (κ2) is 4.98. The molecule has 0 atom stereocenters. The van der Waals surface area contributed by atoms with Crippen LogP contribution in [0.3, 0.4) is 0 Å². The van der Waals surface area contributed by atoms with E-state index in [1.165, 1.54) is 12.1 Å². The average molecular weight is 309 g/mol. The highest BCUT2D eigenvalue weighted by Crippen LogP contribution is 2.29. The third-order valence-electron chi connectivity index (χ3n) is 3.15. The fourth-order valence-corrected chi connectivity index (χ4v) is 3.71. The van der Waals surface area contributed by atoms with Gasteiger partial charge in [0.1, 0.15) is 4.90 Å². The van der Waals surface area contributed by atoms with Crippen molar-refractivity contribution in [2.75, 3.05) is 6.54 Å². The molecule has 1 aliphatic rings. The Morgan fingerprint density at radius 1 is 1.33 bits per heavy atom. The van der Waals surface area contributed by atoms with Gasteiger partial charge in [-0.3, -0.25) is 0 Å². The van der Waals surface area contributed by atoms with Crippen molar-refractivity contribution in [2.24, 2.45) is 5.73 Å². The molecule has 1 aliphatic carbocycles. The standard InChI is InChI=1S/C11H14Cl2N2O2S/c12-8-2-3-9(13)10(6-8)18(16,17)15-7-11(14)4-1-5-11/h2-3,6,15H,1,4-5,7,14H2. The van der Waals surface area contributed by atoms with Gasteiger partial charge in [-0.1, -0.05) is 23.2 Å². The molecule has 18 heavy (non-hydrogen) atoms. The van der Waals surface area contributed by atoms with E-state index < -0.39 is 15.6 Å². The van der Waals surface area contributed by atoms with Crippen molar-refractivity contribution in [1.29, 1.82) is 0 Å². The summed E-state index contributed by atoms with van der Waals surface area (Å²) in [5, 5.41) is 0.470. The Morgan fingerprint density at radius 3 is 2.56 bits per heavy atom. The van der Waals surface area contributed by atoms with Gasteiger partial charge >= 0.3 is 0 Å². The van der Waals surface area contributed by atoms with Gasteiger partial charge in [0.15, 0.2) is 0 Å². The van der Waals surface area contributed by atoms with Crippen LogP contribution in [0.5, 0.6) is 0 Å². The Morgan fingerprint density at radius 2 is 2.00 bits per heavy atom. The molecule has 1 aromatic carbocycles. The molecular weight excluding hydrogens is 295 g/mol. The first-order chi connectivity index (χ1) is 8.32. The van der Waals surface area contributed by atoms with Crippen molar-refractivity contribution >= 4 is 33.2 Å². The lowest BCUT2D eigenvalue weighted by Gasteiger charge is -2.38. The summed E-state index contributed by atoms with van der Waals surface area (Å²) < 4.78 is 26.7. The Hall–Kier alpha value is -0.330. The van der Waals surface area contributed by atoms with Crippen molar-refractivity contribution in [3.63, 3.8) is 0 Å². The molecule has 3 N–H and O–H groups in total. The van der Waals surface area contributed by atoms with Crippen molar-refractivity contribution in [2.45, 2.75) is 29.7 Å². The van der Waals surface area contributed by atoms with E-state index in [-0.39, 0.29) is 16.5 Å². The molecule has 1 fully saturated rings. The van der Waals surface area contributed by atoms with Gasteiger partial charge in [0.25, 0.3) is 0 Å². The number of halogens is 2. The van der Waals surface area contributed by atoms with Crippen molar-refractivity contribution < 1.29 is 8.42 Å². The summed E-state index contributed by atoms with van der Waals surface area (Å²) in [6.45, 7) is 0.220. The second-order valence-electron chi connectivity index (χ2n) is 4.62. The molecule has 1 aromatic rings. The van der Waals surface area contributed by atoms with E-state index in [4.69, 9.17) is 28.9 Å². The summed E-state index contributed by atoms with van der Waals surface area (Å²) in [4.78, 5) is -0.0143. The lowest BCUT2D eigenvalue weighted by Crippen LogP contribution is -2.54. The molecule has 0 saturated heterocycles. The molecule has 0 radical (unpaired) electrons. The maximum absolute atomic E-state index is 12.1. The van der Waals surface area contributed by atoms with E-state index >= 15 is 0 Å². The van der Waals surface area contributed by atoms with Crippen LogP contribution in [0.4, 0.5) is 0 Å². The molecule has 7 heteroatoms. The Bertz CT molecular complexity index is 556. The lowest BCUT2D eigenvalue weighted by atomic mass is 9.78. The number of sulfonamides is 1. The zero-order chi connectivity index (χ0) is 13.4. The summed E-state index contributed by atoms with van der Waals surface area (Å²) in [6.07, 6.45) is 2.70.